The van der Waals surface area contributed by atoms with Crippen molar-refractivity contribution >= 4 is 29.1 Å². The standard InChI is InChI=1S/C15H20Cl2N2O2/c1-19(9-11-4-2-6-13(16)15(11)17)10-14(20)18-8-12-5-3-7-21-12/h2,4,6,12H,3,5,7-10H2,1H3,(H,18,20)/t12-/m0/s1. The van der Waals surface area contributed by atoms with Crippen LogP contribution in [0, 0.1) is 0 Å². The van der Waals surface area contributed by atoms with Gasteiger partial charge >= 0.3 is 0 Å². The van der Waals surface area contributed by atoms with Gasteiger partial charge in [0.05, 0.1) is 22.7 Å². The van der Waals surface area contributed by atoms with Gasteiger partial charge < -0.3 is 10.1 Å². The van der Waals surface area contributed by atoms with E-state index in [4.69, 9.17) is 27.9 Å². The average molecular weight is 331 g/mol. The first-order valence-corrected chi connectivity index (χ1v) is 7.81. The van der Waals surface area contributed by atoms with Gasteiger partial charge in [0, 0.05) is 19.7 Å². The van der Waals surface area contributed by atoms with Crippen LogP contribution in [0.2, 0.25) is 10.0 Å². The highest BCUT2D eigenvalue weighted by atomic mass is 35.5. The average Bonchev–Trinajstić information content (AvgIpc) is 2.95. The molecule has 0 spiro atoms. The van der Waals surface area contributed by atoms with Gasteiger partial charge in [-0.1, -0.05) is 35.3 Å². The Morgan fingerprint density at radius 3 is 3.00 bits per heavy atom. The summed E-state index contributed by atoms with van der Waals surface area (Å²) in [5.74, 6) is -0.00819. The molecule has 2 rings (SSSR count). The van der Waals surface area contributed by atoms with Gasteiger partial charge in [-0.3, -0.25) is 9.69 Å². The molecule has 6 heteroatoms. The SMILES string of the molecule is CN(CC(=O)NC[C@@H]1CCCO1)Cc1cccc(Cl)c1Cl. The molecule has 1 aromatic carbocycles. The fourth-order valence-electron chi connectivity index (χ4n) is 2.35. The number of nitrogens with zero attached hydrogens (tertiary/aromatic N) is 1. The molecular formula is C15H20Cl2N2O2. The third-order valence-electron chi connectivity index (χ3n) is 3.44. The highest BCUT2D eigenvalue weighted by Gasteiger charge is 2.17. The molecule has 0 bridgehead atoms. The second kappa shape index (κ2) is 7.99. The Kier molecular flexibility index (Phi) is 6.30. The van der Waals surface area contributed by atoms with Crippen LogP contribution in [0.15, 0.2) is 18.2 Å². The van der Waals surface area contributed by atoms with Crippen molar-refractivity contribution in [2.45, 2.75) is 25.5 Å². The minimum Gasteiger partial charge on any atom is -0.376 e. The van der Waals surface area contributed by atoms with Gasteiger partial charge in [0.1, 0.15) is 0 Å². The molecule has 1 aromatic rings. The van der Waals surface area contributed by atoms with Crippen molar-refractivity contribution < 1.29 is 9.53 Å². The van der Waals surface area contributed by atoms with Crippen LogP contribution in [0.25, 0.3) is 0 Å². The normalized spacial score (nSPS) is 18.2. The first kappa shape index (κ1) is 16.6. The highest BCUT2D eigenvalue weighted by Crippen LogP contribution is 2.26. The molecule has 1 amide bonds. The summed E-state index contributed by atoms with van der Waals surface area (Å²) in [7, 11) is 1.88. The monoisotopic (exact) mass is 330 g/mol. The van der Waals surface area contributed by atoms with Crippen molar-refractivity contribution in [3.63, 3.8) is 0 Å². The second-order valence-electron chi connectivity index (χ2n) is 5.32. The van der Waals surface area contributed by atoms with Gasteiger partial charge in [-0.25, -0.2) is 0 Å². The fourth-order valence-corrected chi connectivity index (χ4v) is 2.73. The third kappa shape index (κ3) is 5.15. The Morgan fingerprint density at radius 2 is 2.29 bits per heavy atom. The highest BCUT2D eigenvalue weighted by molar-refractivity contribution is 6.42. The molecule has 0 aliphatic carbocycles. The van der Waals surface area contributed by atoms with Crippen LogP contribution in [0.4, 0.5) is 0 Å². The number of hydrogen-bond donors (Lipinski definition) is 1. The van der Waals surface area contributed by atoms with Crippen LogP contribution in [0.1, 0.15) is 18.4 Å². The first-order chi connectivity index (χ1) is 10.1. The number of carbonyl (C=O) groups excluding carboxylic acids is 1. The number of amides is 1. The lowest BCUT2D eigenvalue weighted by Gasteiger charge is -2.18. The first-order valence-electron chi connectivity index (χ1n) is 7.06. The van der Waals surface area contributed by atoms with Crippen LogP contribution in [0.3, 0.4) is 0 Å². The van der Waals surface area contributed by atoms with Crippen LogP contribution < -0.4 is 5.32 Å². The maximum Gasteiger partial charge on any atom is 0.234 e. The summed E-state index contributed by atoms with van der Waals surface area (Å²) in [5, 5.41) is 3.98. The summed E-state index contributed by atoms with van der Waals surface area (Å²) < 4.78 is 5.47. The Morgan fingerprint density at radius 1 is 1.48 bits per heavy atom. The summed E-state index contributed by atoms with van der Waals surface area (Å²) >= 11 is 12.1. The van der Waals surface area contributed by atoms with E-state index in [0.717, 1.165) is 25.0 Å². The van der Waals surface area contributed by atoms with E-state index >= 15 is 0 Å². The van der Waals surface area contributed by atoms with Gasteiger partial charge in [0.25, 0.3) is 0 Å². The molecule has 0 radical (unpaired) electrons. The Hall–Kier alpha value is -0.810. The number of carbonyl (C=O) groups is 1. The van der Waals surface area contributed by atoms with Gasteiger partial charge in [0.15, 0.2) is 0 Å². The van der Waals surface area contributed by atoms with E-state index in [2.05, 4.69) is 5.32 Å². The molecule has 1 N–H and O–H groups in total. The molecule has 1 aliphatic heterocycles. The maximum absolute atomic E-state index is 11.9. The van der Waals surface area contributed by atoms with Crippen LogP contribution in [-0.4, -0.2) is 43.7 Å². The van der Waals surface area contributed by atoms with Crippen molar-refractivity contribution in [2.75, 3.05) is 26.7 Å². The lowest BCUT2D eigenvalue weighted by Crippen LogP contribution is -2.38. The van der Waals surface area contributed by atoms with Crippen LogP contribution in [0.5, 0.6) is 0 Å². The minimum absolute atomic E-state index is 0.00819. The summed E-state index contributed by atoms with van der Waals surface area (Å²) in [6.07, 6.45) is 2.27. The molecule has 1 heterocycles. The van der Waals surface area contributed by atoms with Crippen LogP contribution >= 0.6 is 23.2 Å². The molecule has 1 atom stereocenters. The van der Waals surface area contributed by atoms with Gasteiger partial charge in [0.2, 0.25) is 5.91 Å². The Labute approximate surface area is 135 Å². The lowest BCUT2D eigenvalue weighted by atomic mass is 10.2. The van der Waals surface area contributed by atoms with Crippen molar-refractivity contribution in [1.29, 1.82) is 0 Å². The minimum atomic E-state index is -0.00819. The molecule has 1 fully saturated rings. The molecule has 0 unspecified atom stereocenters. The van der Waals surface area contributed by atoms with E-state index in [9.17, 15) is 4.79 Å². The fraction of sp³-hybridized carbons (Fsp3) is 0.533. The number of halogens is 2. The number of hydrogen-bond acceptors (Lipinski definition) is 3. The molecule has 21 heavy (non-hydrogen) atoms. The Bertz CT molecular complexity index is 491. The summed E-state index contributed by atoms with van der Waals surface area (Å²) in [5.41, 5.74) is 0.915. The number of nitrogens with one attached hydrogen (secondary N) is 1. The van der Waals surface area contributed by atoms with E-state index in [-0.39, 0.29) is 12.0 Å². The predicted molar refractivity (Wildman–Crippen MR) is 84.8 cm³/mol. The molecule has 4 nitrogen and oxygen atoms in total. The van der Waals surface area contributed by atoms with Crippen molar-refractivity contribution in [1.82, 2.24) is 10.2 Å². The topological polar surface area (TPSA) is 41.6 Å². The number of benzene rings is 1. The number of ether oxygens (including phenoxy) is 1. The lowest BCUT2D eigenvalue weighted by molar-refractivity contribution is -0.122. The van der Waals surface area contributed by atoms with E-state index in [1.807, 2.05) is 24.1 Å². The molecule has 1 aliphatic rings. The molecule has 0 saturated carbocycles. The van der Waals surface area contributed by atoms with Gasteiger partial charge in [-0.2, -0.15) is 0 Å². The smallest absolute Gasteiger partial charge is 0.234 e. The van der Waals surface area contributed by atoms with E-state index in [1.54, 1.807) is 6.07 Å². The second-order valence-corrected chi connectivity index (χ2v) is 6.11. The number of rotatable bonds is 6. The van der Waals surface area contributed by atoms with Gasteiger partial charge in [-0.05, 0) is 31.5 Å². The molecular weight excluding hydrogens is 311 g/mol. The quantitative estimate of drug-likeness (QED) is 0.871. The molecule has 1 saturated heterocycles. The molecule has 0 aromatic heterocycles. The number of likely N-dealkylation sites (N-methyl/N-ethyl adjacent to an activating group) is 1. The van der Waals surface area contributed by atoms with E-state index in [0.29, 0.717) is 29.7 Å². The van der Waals surface area contributed by atoms with Crippen molar-refractivity contribution in [2.24, 2.45) is 0 Å². The maximum atomic E-state index is 11.9. The zero-order valence-corrected chi connectivity index (χ0v) is 13.6. The van der Waals surface area contributed by atoms with Crippen molar-refractivity contribution in [3.05, 3.63) is 33.8 Å². The van der Waals surface area contributed by atoms with Crippen LogP contribution in [-0.2, 0) is 16.1 Å². The third-order valence-corrected chi connectivity index (χ3v) is 4.29. The zero-order valence-electron chi connectivity index (χ0n) is 12.1. The van der Waals surface area contributed by atoms with E-state index < -0.39 is 0 Å². The predicted octanol–water partition coefficient (Wildman–Crippen LogP) is 2.72. The largest absolute Gasteiger partial charge is 0.376 e. The Balaban J connectivity index is 1.76. The van der Waals surface area contributed by atoms with Crippen molar-refractivity contribution in [3.8, 4) is 0 Å². The summed E-state index contributed by atoms with van der Waals surface area (Å²) in [6, 6.07) is 5.52. The summed E-state index contributed by atoms with van der Waals surface area (Å²) in [6.45, 7) is 2.28. The summed E-state index contributed by atoms with van der Waals surface area (Å²) in [4.78, 5) is 13.8. The van der Waals surface area contributed by atoms with Gasteiger partial charge in [-0.15, -0.1) is 0 Å². The zero-order chi connectivity index (χ0) is 15.2. The van der Waals surface area contributed by atoms with E-state index in [1.165, 1.54) is 0 Å². The molecule has 116 valence electrons.